The van der Waals surface area contributed by atoms with Gasteiger partial charge in [0.05, 0.1) is 11.6 Å². The normalized spacial score (nSPS) is 19.4. The molecule has 0 bridgehead atoms. The molecular weight excluding hydrogens is 269 g/mol. The highest BCUT2D eigenvalue weighted by Crippen LogP contribution is 2.38. The molecule has 0 saturated carbocycles. The highest BCUT2D eigenvalue weighted by Gasteiger charge is 2.42. The van der Waals surface area contributed by atoms with Crippen molar-refractivity contribution < 1.29 is 13.9 Å². The van der Waals surface area contributed by atoms with E-state index in [0.717, 1.165) is 31.4 Å². The van der Waals surface area contributed by atoms with Crippen LogP contribution in [0.3, 0.4) is 0 Å². The predicted molar refractivity (Wildman–Crippen MR) is 82.0 cm³/mol. The maximum Gasteiger partial charge on any atom is 0.128 e. The lowest BCUT2D eigenvalue weighted by molar-refractivity contribution is -0.112. The van der Waals surface area contributed by atoms with Crippen molar-refractivity contribution in [3.8, 4) is 0 Å². The van der Waals surface area contributed by atoms with Gasteiger partial charge in [0.15, 0.2) is 0 Å². The first-order valence-corrected chi connectivity index (χ1v) is 7.75. The number of ether oxygens (including phenoxy) is 2. The molecule has 0 amide bonds. The van der Waals surface area contributed by atoms with Crippen LogP contribution in [0, 0.1) is 12.7 Å². The number of benzene rings is 1. The fourth-order valence-electron chi connectivity index (χ4n) is 3.08. The zero-order valence-electron chi connectivity index (χ0n) is 13.2. The Bertz CT molecular complexity index is 458. The van der Waals surface area contributed by atoms with Crippen molar-refractivity contribution in [2.75, 3.05) is 26.9 Å². The van der Waals surface area contributed by atoms with E-state index in [1.54, 1.807) is 19.2 Å². The molecule has 1 fully saturated rings. The van der Waals surface area contributed by atoms with Crippen LogP contribution in [0.1, 0.15) is 43.4 Å². The number of nitrogens with one attached hydrogen (secondary N) is 1. The molecule has 1 unspecified atom stereocenters. The van der Waals surface area contributed by atoms with Crippen LogP contribution in [0.2, 0.25) is 0 Å². The second-order valence-electron chi connectivity index (χ2n) is 5.79. The summed E-state index contributed by atoms with van der Waals surface area (Å²) in [6.45, 7) is 6.25. The molecule has 0 spiro atoms. The zero-order valence-corrected chi connectivity index (χ0v) is 13.2. The standard InChI is InChI=1S/C17H26FNO2/c1-4-9-19-16(14-12-13(2)5-6-15(14)18)17(20-3)7-10-21-11-8-17/h5-6,12,16,19H,4,7-11H2,1-3H3. The highest BCUT2D eigenvalue weighted by atomic mass is 19.1. The predicted octanol–water partition coefficient (Wildman–Crippen LogP) is 3.37. The second-order valence-corrected chi connectivity index (χ2v) is 5.79. The number of methoxy groups -OCH3 is 1. The zero-order chi connectivity index (χ0) is 15.3. The first-order chi connectivity index (χ1) is 10.1. The molecule has 1 saturated heterocycles. The molecule has 0 radical (unpaired) electrons. The first-order valence-electron chi connectivity index (χ1n) is 7.75. The number of aryl methyl sites for hydroxylation is 1. The average molecular weight is 295 g/mol. The summed E-state index contributed by atoms with van der Waals surface area (Å²) >= 11 is 0. The fourth-order valence-corrected chi connectivity index (χ4v) is 3.08. The smallest absolute Gasteiger partial charge is 0.128 e. The molecule has 1 aliphatic heterocycles. The Kier molecular flexibility index (Phi) is 5.73. The van der Waals surface area contributed by atoms with Crippen LogP contribution >= 0.6 is 0 Å². The molecule has 4 heteroatoms. The monoisotopic (exact) mass is 295 g/mol. The summed E-state index contributed by atoms with van der Waals surface area (Å²) in [6.07, 6.45) is 2.55. The third-order valence-electron chi connectivity index (χ3n) is 4.33. The van der Waals surface area contributed by atoms with Crippen molar-refractivity contribution in [1.82, 2.24) is 5.32 Å². The topological polar surface area (TPSA) is 30.5 Å². The summed E-state index contributed by atoms with van der Waals surface area (Å²) in [4.78, 5) is 0. The van der Waals surface area contributed by atoms with E-state index < -0.39 is 5.60 Å². The summed E-state index contributed by atoms with van der Waals surface area (Å²) in [6, 6.07) is 5.14. The van der Waals surface area contributed by atoms with Crippen LogP contribution in [0.25, 0.3) is 0 Å². The van der Waals surface area contributed by atoms with Gasteiger partial charge in [0.1, 0.15) is 5.82 Å². The van der Waals surface area contributed by atoms with Crippen LogP contribution in [-0.2, 0) is 9.47 Å². The minimum atomic E-state index is -0.401. The van der Waals surface area contributed by atoms with Gasteiger partial charge in [-0.25, -0.2) is 4.39 Å². The third-order valence-corrected chi connectivity index (χ3v) is 4.33. The van der Waals surface area contributed by atoms with Crippen LogP contribution in [0.5, 0.6) is 0 Å². The molecule has 21 heavy (non-hydrogen) atoms. The van der Waals surface area contributed by atoms with Crippen LogP contribution < -0.4 is 5.32 Å². The maximum absolute atomic E-state index is 14.4. The van der Waals surface area contributed by atoms with Gasteiger partial charge in [0.2, 0.25) is 0 Å². The minimum absolute atomic E-state index is 0.147. The quantitative estimate of drug-likeness (QED) is 0.873. The Morgan fingerprint density at radius 2 is 2.10 bits per heavy atom. The number of hydrogen-bond donors (Lipinski definition) is 1. The Labute approximate surface area is 126 Å². The molecule has 1 aliphatic rings. The molecule has 1 N–H and O–H groups in total. The van der Waals surface area contributed by atoms with Crippen molar-refractivity contribution in [1.29, 1.82) is 0 Å². The van der Waals surface area contributed by atoms with Gasteiger partial charge in [-0.3, -0.25) is 0 Å². The molecule has 0 aromatic heterocycles. The third kappa shape index (κ3) is 3.62. The lowest BCUT2D eigenvalue weighted by Crippen LogP contribution is -2.49. The van der Waals surface area contributed by atoms with Gasteiger partial charge in [-0.15, -0.1) is 0 Å². The van der Waals surface area contributed by atoms with Crippen LogP contribution in [0.15, 0.2) is 18.2 Å². The molecule has 1 aromatic rings. The maximum atomic E-state index is 14.4. The lowest BCUT2D eigenvalue weighted by atomic mass is 9.81. The van der Waals surface area contributed by atoms with Crippen molar-refractivity contribution in [3.63, 3.8) is 0 Å². The van der Waals surface area contributed by atoms with Crippen molar-refractivity contribution in [3.05, 3.63) is 35.1 Å². The van der Waals surface area contributed by atoms with E-state index in [9.17, 15) is 4.39 Å². The van der Waals surface area contributed by atoms with Gasteiger partial charge in [-0.05, 0) is 26.0 Å². The minimum Gasteiger partial charge on any atom is -0.381 e. The number of hydrogen-bond acceptors (Lipinski definition) is 3. The van der Waals surface area contributed by atoms with Gasteiger partial charge in [0.25, 0.3) is 0 Å². The lowest BCUT2D eigenvalue weighted by Gasteiger charge is -2.43. The van der Waals surface area contributed by atoms with Crippen LogP contribution in [0.4, 0.5) is 4.39 Å². The molecule has 1 atom stereocenters. The first kappa shape index (κ1) is 16.4. The number of halogens is 1. The second kappa shape index (κ2) is 7.34. The van der Waals surface area contributed by atoms with E-state index in [4.69, 9.17) is 9.47 Å². The Hall–Kier alpha value is -0.970. The summed E-state index contributed by atoms with van der Waals surface area (Å²) in [7, 11) is 1.72. The van der Waals surface area contributed by atoms with E-state index in [1.165, 1.54) is 0 Å². The van der Waals surface area contributed by atoms with Gasteiger partial charge in [-0.1, -0.05) is 24.6 Å². The SMILES string of the molecule is CCCNC(c1cc(C)ccc1F)C1(OC)CCOCC1. The van der Waals surface area contributed by atoms with E-state index in [2.05, 4.69) is 12.2 Å². The molecule has 118 valence electrons. The summed E-state index contributed by atoms with van der Waals surface area (Å²) in [5.74, 6) is -0.169. The van der Waals surface area contributed by atoms with E-state index in [0.29, 0.717) is 18.8 Å². The molecule has 3 nitrogen and oxygen atoms in total. The van der Waals surface area contributed by atoms with Gasteiger partial charge in [-0.2, -0.15) is 0 Å². The highest BCUT2D eigenvalue weighted by molar-refractivity contribution is 5.29. The van der Waals surface area contributed by atoms with E-state index in [1.807, 2.05) is 13.0 Å². The van der Waals surface area contributed by atoms with E-state index in [-0.39, 0.29) is 11.9 Å². The number of rotatable bonds is 6. The summed E-state index contributed by atoms with van der Waals surface area (Å²) in [5, 5.41) is 3.49. The molecule has 1 aromatic carbocycles. The van der Waals surface area contributed by atoms with Crippen molar-refractivity contribution >= 4 is 0 Å². The largest absolute Gasteiger partial charge is 0.381 e. The summed E-state index contributed by atoms with van der Waals surface area (Å²) in [5.41, 5.74) is 1.36. The van der Waals surface area contributed by atoms with Crippen molar-refractivity contribution in [2.24, 2.45) is 0 Å². The molecular formula is C17H26FNO2. The van der Waals surface area contributed by atoms with Gasteiger partial charge >= 0.3 is 0 Å². The Balaban J connectivity index is 2.38. The Morgan fingerprint density at radius 3 is 2.71 bits per heavy atom. The van der Waals surface area contributed by atoms with E-state index >= 15 is 0 Å². The van der Waals surface area contributed by atoms with Gasteiger partial charge < -0.3 is 14.8 Å². The molecule has 2 rings (SSSR count). The molecule has 0 aliphatic carbocycles. The van der Waals surface area contributed by atoms with Crippen molar-refractivity contribution in [2.45, 2.75) is 44.8 Å². The molecule has 1 heterocycles. The average Bonchev–Trinajstić information content (AvgIpc) is 2.51. The van der Waals surface area contributed by atoms with Crippen LogP contribution in [-0.4, -0.2) is 32.5 Å². The fraction of sp³-hybridized carbons (Fsp3) is 0.647. The summed E-state index contributed by atoms with van der Waals surface area (Å²) < 4.78 is 25.7. The van der Waals surface area contributed by atoms with Gasteiger partial charge in [0, 0.05) is 38.7 Å². The Morgan fingerprint density at radius 1 is 1.38 bits per heavy atom.